The molecule has 1 aliphatic carbocycles. The second-order valence-corrected chi connectivity index (χ2v) is 9.45. The molecule has 1 N–H and O–H groups in total. The second kappa shape index (κ2) is 8.62. The number of aromatic nitrogens is 6. The number of thioether (sulfide) groups is 1. The number of carbonyl (C=O) groups excluding carboxylic acids is 1. The van der Waals surface area contributed by atoms with E-state index in [-0.39, 0.29) is 42.6 Å². The summed E-state index contributed by atoms with van der Waals surface area (Å²) in [6.45, 7) is 4.32. The first-order valence-corrected chi connectivity index (χ1v) is 12.0. The predicted molar refractivity (Wildman–Crippen MR) is 123 cm³/mol. The molecule has 0 radical (unpaired) electrons. The number of fused-ring (bicyclic) bond motifs is 2. The van der Waals surface area contributed by atoms with Gasteiger partial charge in [-0.1, -0.05) is 11.8 Å². The van der Waals surface area contributed by atoms with Crippen molar-refractivity contribution >= 4 is 17.7 Å². The summed E-state index contributed by atoms with van der Waals surface area (Å²) in [7, 11) is 0. The minimum atomic E-state index is -0.248. The molecule has 2 aliphatic rings. The van der Waals surface area contributed by atoms with Gasteiger partial charge in [-0.3, -0.25) is 19.0 Å². The quantitative estimate of drug-likeness (QED) is 0.536. The van der Waals surface area contributed by atoms with Gasteiger partial charge in [-0.05, 0) is 45.2 Å². The largest absolute Gasteiger partial charge is 0.354 e. The van der Waals surface area contributed by atoms with Crippen molar-refractivity contribution in [2.45, 2.75) is 57.3 Å². The Bertz CT molecular complexity index is 1360. The van der Waals surface area contributed by atoms with Crippen LogP contribution in [0.5, 0.6) is 0 Å². The third kappa shape index (κ3) is 4.12. The van der Waals surface area contributed by atoms with E-state index in [9.17, 15) is 14.4 Å². The maximum atomic E-state index is 12.9. The summed E-state index contributed by atoms with van der Waals surface area (Å²) in [5.74, 6) is 1.04. The van der Waals surface area contributed by atoms with Crippen LogP contribution in [-0.2, 0) is 24.2 Å². The highest BCUT2D eigenvalue weighted by atomic mass is 32.2. The summed E-state index contributed by atoms with van der Waals surface area (Å²) in [6, 6.07) is 4.82. The molecular formula is C22H25N7O3S. The Kier molecular flexibility index (Phi) is 5.65. The summed E-state index contributed by atoms with van der Waals surface area (Å²) in [4.78, 5) is 42.3. The molecule has 5 rings (SSSR count). The highest BCUT2D eigenvalue weighted by Gasteiger charge is 2.31. The van der Waals surface area contributed by atoms with Gasteiger partial charge in [-0.2, -0.15) is 5.10 Å². The molecule has 0 fully saturated rings. The first-order valence-electron chi connectivity index (χ1n) is 11.1. The second-order valence-electron chi connectivity index (χ2n) is 8.46. The number of hydrogen-bond donors (Lipinski definition) is 1. The standard InChI is InChI=1S/C22H25N7O3S/c1-13-10-14(2)29(25-13)18-6-7-20(31)27(26-18)9-8-23-19(30)11-15-12-33-22-24-17-5-3-4-16(17)21(32)28(15)22/h6-7,10,15H,3-5,8-9,11-12H2,1-2H3,(H,23,30). The molecule has 0 bridgehead atoms. The molecule has 1 amide bonds. The molecule has 3 aromatic rings. The Balaban J connectivity index is 1.22. The fraction of sp³-hybridized carbons (Fsp3) is 0.455. The van der Waals surface area contributed by atoms with E-state index in [1.807, 2.05) is 19.9 Å². The number of nitrogens with one attached hydrogen (secondary N) is 1. The number of aryl methyl sites for hydroxylation is 3. The normalized spacial score (nSPS) is 16.6. The van der Waals surface area contributed by atoms with Crippen molar-refractivity contribution in [3.8, 4) is 5.82 Å². The first-order chi connectivity index (χ1) is 15.9. The van der Waals surface area contributed by atoms with Gasteiger partial charge in [0, 0.05) is 36.0 Å². The van der Waals surface area contributed by atoms with E-state index in [0.717, 1.165) is 47.1 Å². The Morgan fingerprint density at radius 2 is 2.06 bits per heavy atom. The number of hydrogen-bond acceptors (Lipinski definition) is 7. The average Bonchev–Trinajstić information content (AvgIpc) is 3.49. The van der Waals surface area contributed by atoms with Crippen molar-refractivity contribution in [3.05, 3.63) is 61.6 Å². The Morgan fingerprint density at radius 3 is 2.85 bits per heavy atom. The highest BCUT2D eigenvalue weighted by molar-refractivity contribution is 7.99. The van der Waals surface area contributed by atoms with E-state index >= 15 is 0 Å². The predicted octanol–water partition coefficient (Wildman–Crippen LogP) is 0.945. The van der Waals surface area contributed by atoms with Gasteiger partial charge in [0.05, 0.1) is 24.0 Å². The molecule has 1 unspecified atom stereocenters. The molecule has 0 aromatic carbocycles. The minimum Gasteiger partial charge on any atom is -0.354 e. The molecule has 1 aliphatic heterocycles. The molecule has 10 nitrogen and oxygen atoms in total. The number of carbonyl (C=O) groups is 1. The van der Waals surface area contributed by atoms with Crippen molar-refractivity contribution in [1.29, 1.82) is 0 Å². The lowest BCUT2D eigenvalue weighted by molar-refractivity contribution is -0.121. The zero-order valence-electron chi connectivity index (χ0n) is 18.6. The molecule has 0 saturated carbocycles. The zero-order valence-corrected chi connectivity index (χ0v) is 19.4. The van der Waals surface area contributed by atoms with E-state index < -0.39 is 0 Å². The lowest BCUT2D eigenvalue weighted by Gasteiger charge is -2.14. The van der Waals surface area contributed by atoms with E-state index in [1.165, 1.54) is 22.5 Å². The topological polar surface area (TPSA) is 117 Å². The van der Waals surface area contributed by atoms with Crippen LogP contribution >= 0.6 is 11.8 Å². The smallest absolute Gasteiger partial charge is 0.266 e. The lowest BCUT2D eigenvalue weighted by Crippen LogP contribution is -2.35. The third-order valence-electron chi connectivity index (χ3n) is 6.02. The zero-order chi connectivity index (χ0) is 23.1. The van der Waals surface area contributed by atoms with E-state index in [0.29, 0.717) is 11.6 Å². The van der Waals surface area contributed by atoms with Gasteiger partial charge >= 0.3 is 0 Å². The van der Waals surface area contributed by atoms with Crippen LogP contribution in [0, 0.1) is 13.8 Å². The fourth-order valence-corrected chi connectivity index (χ4v) is 5.62. The maximum absolute atomic E-state index is 12.9. The van der Waals surface area contributed by atoms with Crippen LogP contribution in [0.25, 0.3) is 5.82 Å². The molecule has 4 heterocycles. The fourth-order valence-electron chi connectivity index (χ4n) is 4.46. The molecule has 172 valence electrons. The molecule has 3 aromatic heterocycles. The van der Waals surface area contributed by atoms with Crippen LogP contribution in [0.3, 0.4) is 0 Å². The first kappa shape index (κ1) is 21.6. The van der Waals surface area contributed by atoms with Gasteiger partial charge in [-0.25, -0.2) is 14.3 Å². The van der Waals surface area contributed by atoms with Gasteiger partial charge in [0.15, 0.2) is 11.0 Å². The Labute approximate surface area is 194 Å². The highest BCUT2D eigenvalue weighted by Crippen LogP contribution is 2.33. The molecule has 0 saturated heterocycles. The summed E-state index contributed by atoms with van der Waals surface area (Å²) in [5, 5.41) is 12.4. The van der Waals surface area contributed by atoms with Crippen molar-refractivity contribution in [2.24, 2.45) is 0 Å². The van der Waals surface area contributed by atoms with Gasteiger partial charge in [0.25, 0.3) is 11.1 Å². The summed E-state index contributed by atoms with van der Waals surface area (Å²) < 4.78 is 4.70. The molecule has 1 atom stereocenters. The van der Waals surface area contributed by atoms with Gasteiger partial charge in [0.1, 0.15) is 0 Å². The SMILES string of the molecule is Cc1cc(C)n(-c2ccc(=O)n(CCNC(=O)CC3CSc4nc5c(c(=O)n43)CCC5)n2)n1. The van der Waals surface area contributed by atoms with Crippen LogP contribution in [0.1, 0.15) is 41.5 Å². The summed E-state index contributed by atoms with van der Waals surface area (Å²) in [5.41, 5.74) is 3.27. The minimum absolute atomic E-state index is 0.00650. The molecule has 0 spiro atoms. The number of rotatable bonds is 6. The van der Waals surface area contributed by atoms with Crippen molar-refractivity contribution in [1.82, 2.24) is 34.4 Å². The van der Waals surface area contributed by atoms with Gasteiger partial charge in [-0.15, -0.1) is 5.10 Å². The van der Waals surface area contributed by atoms with E-state index in [1.54, 1.807) is 15.3 Å². The Hall–Kier alpha value is -3.21. The van der Waals surface area contributed by atoms with Crippen LogP contribution in [0.4, 0.5) is 0 Å². The van der Waals surface area contributed by atoms with Crippen molar-refractivity contribution < 1.29 is 4.79 Å². The molecule has 11 heteroatoms. The number of amides is 1. The molecule has 33 heavy (non-hydrogen) atoms. The van der Waals surface area contributed by atoms with E-state index in [2.05, 4.69) is 20.5 Å². The van der Waals surface area contributed by atoms with Crippen LogP contribution in [0.15, 0.2) is 32.9 Å². The Morgan fingerprint density at radius 1 is 1.21 bits per heavy atom. The van der Waals surface area contributed by atoms with E-state index in [4.69, 9.17) is 0 Å². The van der Waals surface area contributed by atoms with Crippen LogP contribution in [0.2, 0.25) is 0 Å². The van der Waals surface area contributed by atoms with Crippen LogP contribution < -0.4 is 16.4 Å². The van der Waals surface area contributed by atoms with Crippen LogP contribution in [-0.4, -0.2) is 47.3 Å². The number of nitrogens with zero attached hydrogens (tertiary/aromatic N) is 6. The average molecular weight is 468 g/mol. The van der Waals surface area contributed by atoms with Crippen molar-refractivity contribution in [3.63, 3.8) is 0 Å². The monoisotopic (exact) mass is 467 g/mol. The summed E-state index contributed by atoms with van der Waals surface area (Å²) >= 11 is 1.53. The maximum Gasteiger partial charge on any atom is 0.266 e. The van der Waals surface area contributed by atoms with Gasteiger partial charge < -0.3 is 5.32 Å². The van der Waals surface area contributed by atoms with Gasteiger partial charge in [0.2, 0.25) is 5.91 Å². The molecular weight excluding hydrogens is 442 g/mol. The van der Waals surface area contributed by atoms with Crippen molar-refractivity contribution in [2.75, 3.05) is 12.3 Å². The lowest BCUT2D eigenvalue weighted by atomic mass is 10.2. The third-order valence-corrected chi connectivity index (χ3v) is 7.12. The summed E-state index contributed by atoms with van der Waals surface area (Å²) in [6.07, 6.45) is 2.79.